The minimum Gasteiger partial charge on any atom is -0.490 e. The van der Waals surface area contributed by atoms with Gasteiger partial charge in [0.15, 0.2) is 18.1 Å². The molecule has 0 bridgehead atoms. The summed E-state index contributed by atoms with van der Waals surface area (Å²) in [5.74, 6) is -0.454. The maximum absolute atomic E-state index is 13.4. The van der Waals surface area contributed by atoms with Crippen molar-refractivity contribution in [2.24, 2.45) is 5.10 Å². The van der Waals surface area contributed by atoms with Crippen LogP contribution in [0.25, 0.3) is 10.9 Å². The zero-order chi connectivity index (χ0) is 26.5. The number of benzene rings is 3. The highest BCUT2D eigenvalue weighted by molar-refractivity contribution is 9.13. The van der Waals surface area contributed by atoms with Crippen LogP contribution in [0, 0.1) is 5.82 Å². The smallest absolute Gasteiger partial charge is 0.349 e. The molecule has 4 aromatic rings. The summed E-state index contributed by atoms with van der Waals surface area (Å²) >= 11 is 6.88. The Balaban J connectivity index is 1.61. The second kappa shape index (κ2) is 11.5. The molecule has 0 aliphatic rings. The number of nitrogens with zero attached hydrogens (tertiary/aromatic N) is 2. The number of halogens is 3. The summed E-state index contributed by atoms with van der Waals surface area (Å²) in [5.41, 5.74) is -0.0883. The average Bonchev–Trinajstić information content (AvgIpc) is 2.86. The molecule has 0 unspecified atom stereocenters. The molecule has 4 rings (SSSR count). The summed E-state index contributed by atoms with van der Waals surface area (Å²) in [7, 11) is 0. The highest BCUT2D eigenvalue weighted by atomic mass is 79.9. The molecule has 0 saturated carbocycles. The van der Waals surface area contributed by atoms with Gasteiger partial charge in [0.1, 0.15) is 5.82 Å². The van der Waals surface area contributed by atoms with Crippen LogP contribution in [0.3, 0.4) is 0 Å². The Morgan fingerprint density at radius 3 is 2.65 bits per heavy atom. The molecule has 0 fully saturated rings. The van der Waals surface area contributed by atoms with Gasteiger partial charge < -0.3 is 19.8 Å². The van der Waals surface area contributed by atoms with Gasteiger partial charge in [-0.15, -0.1) is 4.68 Å². The summed E-state index contributed by atoms with van der Waals surface area (Å²) in [5, 5.41) is 6.95. The van der Waals surface area contributed by atoms with Gasteiger partial charge in [-0.3, -0.25) is 9.59 Å². The number of ether oxygens (including phenoxy) is 2. The lowest BCUT2D eigenvalue weighted by atomic mass is 10.2. The zero-order valence-electron chi connectivity index (χ0n) is 19.3. The molecule has 9 nitrogen and oxygen atoms in total. The second-order valence-corrected chi connectivity index (χ2v) is 9.12. The largest absolute Gasteiger partial charge is 0.490 e. The highest BCUT2D eigenvalue weighted by Gasteiger charge is 2.18. The molecule has 37 heavy (non-hydrogen) atoms. The van der Waals surface area contributed by atoms with Gasteiger partial charge in [-0.1, -0.05) is 18.2 Å². The number of aromatic amines is 1. The molecule has 12 heteroatoms. The molecular weight excluding hydrogens is 615 g/mol. The van der Waals surface area contributed by atoms with Crippen molar-refractivity contribution in [3.05, 3.63) is 95.8 Å². The third-order valence-corrected chi connectivity index (χ3v) is 7.15. The van der Waals surface area contributed by atoms with Crippen LogP contribution in [0.5, 0.6) is 11.5 Å². The Bertz CT molecular complexity index is 1630. The van der Waals surface area contributed by atoms with Crippen molar-refractivity contribution >= 4 is 60.6 Å². The predicted molar refractivity (Wildman–Crippen MR) is 145 cm³/mol. The standard InChI is InChI=1S/C25H19Br2FN4O5/c1-2-36-19-10-14(12-29-32-24(34)17-8-3-4-9-18(17)31-25(32)35)21(26)22(27)23(19)37-13-20(33)30-16-7-5-6-15(28)11-16/h3-12H,2,13H2,1H3,(H,30,33)(H,31,35). The fourth-order valence-electron chi connectivity index (χ4n) is 3.37. The van der Waals surface area contributed by atoms with Crippen LogP contribution < -0.4 is 26.0 Å². The number of amides is 1. The number of para-hydroxylation sites is 1. The van der Waals surface area contributed by atoms with Crippen molar-refractivity contribution in [2.45, 2.75) is 6.92 Å². The number of carbonyl (C=O) groups excluding carboxylic acids is 1. The average molecular weight is 634 g/mol. The van der Waals surface area contributed by atoms with E-state index in [0.717, 1.165) is 4.68 Å². The van der Waals surface area contributed by atoms with Crippen molar-refractivity contribution in [2.75, 3.05) is 18.5 Å². The van der Waals surface area contributed by atoms with Crippen molar-refractivity contribution in [1.82, 2.24) is 9.66 Å². The number of hydrogen-bond acceptors (Lipinski definition) is 6. The Morgan fingerprint density at radius 2 is 1.89 bits per heavy atom. The maximum Gasteiger partial charge on any atom is 0.349 e. The number of aromatic nitrogens is 2. The molecular formula is C25H19Br2FN4O5. The SMILES string of the molecule is CCOc1cc(C=Nn2c(=O)[nH]c3ccccc3c2=O)c(Br)c(Br)c1OCC(=O)Nc1cccc(F)c1. The van der Waals surface area contributed by atoms with Gasteiger partial charge in [0.2, 0.25) is 0 Å². The van der Waals surface area contributed by atoms with E-state index in [-0.39, 0.29) is 18.1 Å². The summed E-state index contributed by atoms with van der Waals surface area (Å²) in [4.78, 5) is 40.1. The first-order chi connectivity index (χ1) is 17.8. The third-order valence-electron chi connectivity index (χ3n) is 5.01. The summed E-state index contributed by atoms with van der Waals surface area (Å²) in [6, 6.07) is 13.7. The summed E-state index contributed by atoms with van der Waals surface area (Å²) in [6.07, 6.45) is 1.32. The van der Waals surface area contributed by atoms with Gasteiger partial charge in [0, 0.05) is 15.7 Å². The highest BCUT2D eigenvalue weighted by Crippen LogP contribution is 2.42. The summed E-state index contributed by atoms with van der Waals surface area (Å²) < 4.78 is 26.4. The molecule has 1 heterocycles. The third kappa shape index (κ3) is 5.97. The first-order valence-corrected chi connectivity index (χ1v) is 12.5. The van der Waals surface area contributed by atoms with E-state index >= 15 is 0 Å². The van der Waals surface area contributed by atoms with Crippen molar-refractivity contribution in [3.8, 4) is 11.5 Å². The lowest BCUT2D eigenvalue weighted by Gasteiger charge is -2.16. The van der Waals surface area contributed by atoms with Gasteiger partial charge >= 0.3 is 5.69 Å². The number of fused-ring (bicyclic) bond motifs is 1. The van der Waals surface area contributed by atoms with E-state index in [9.17, 15) is 18.8 Å². The van der Waals surface area contributed by atoms with Gasteiger partial charge in [0.05, 0.1) is 28.2 Å². The summed E-state index contributed by atoms with van der Waals surface area (Å²) in [6.45, 7) is 1.69. The van der Waals surface area contributed by atoms with E-state index < -0.39 is 23.0 Å². The Labute approximate surface area is 226 Å². The monoisotopic (exact) mass is 632 g/mol. The quantitative estimate of drug-likeness (QED) is 0.274. The zero-order valence-corrected chi connectivity index (χ0v) is 22.4. The molecule has 0 spiro atoms. The Kier molecular flexibility index (Phi) is 8.19. The number of anilines is 1. The molecule has 0 radical (unpaired) electrons. The first kappa shape index (κ1) is 26.3. The van der Waals surface area contributed by atoms with E-state index in [0.29, 0.717) is 37.7 Å². The van der Waals surface area contributed by atoms with Crippen LogP contribution in [0.1, 0.15) is 12.5 Å². The number of nitrogens with one attached hydrogen (secondary N) is 2. The number of rotatable bonds is 8. The van der Waals surface area contributed by atoms with E-state index in [1.54, 1.807) is 43.3 Å². The van der Waals surface area contributed by atoms with E-state index in [1.165, 1.54) is 24.4 Å². The minimum atomic E-state index is -0.690. The molecule has 0 aliphatic carbocycles. The minimum absolute atomic E-state index is 0.237. The van der Waals surface area contributed by atoms with Crippen molar-refractivity contribution < 1.29 is 18.7 Å². The van der Waals surface area contributed by atoms with Gasteiger partial charge in [-0.2, -0.15) is 5.10 Å². The predicted octanol–water partition coefficient (Wildman–Crippen LogP) is 4.65. The fourth-order valence-corrected chi connectivity index (χ4v) is 4.31. The molecule has 3 aromatic carbocycles. The lowest BCUT2D eigenvalue weighted by Crippen LogP contribution is -2.32. The Hall–Kier alpha value is -3.77. The van der Waals surface area contributed by atoms with Gasteiger partial charge in [-0.25, -0.2) is 9.18 Å². The van der Waals surface area contributed by atoms with E-state index in [2.05, 4.69) is 47.3 Å². The molecule has 1 aromatic heterocycles. The molecule has 0 atom stereocenters. The first-order valence-electron chi connectivity index (χ1n) is 10.9. The molecule has 0 saturated heterocycles. The van der Waals surface area contributed by atoms with Crippen LogP contribution in [-0.2, 0) is 4.79 Å². The van der Waals surface area contributed by atoms with Crippen LogP contribution in [-0.4, -0.2) is 35.0 Å². The van der Waals surface area contributed by atoms with Crippen molar-refractivity contribution in [3.63, 3.8) is 0 Å². The van der Waals surface area contributed by atoms with Crippen LogP contribution in [0.2, 0.25) is 0 Å². The lowest BCUT2D eigenvalue weighted by molar-refractivity contribution is -0.118. The van der Waals surface area contributed by atoms with Crippen molar-refractivity contribution in [1.29, 1.82) is 0 Å². The van der Waals surface area contributed by atoms with Gasteiger partial charge in [-0.05, 0) is 75.2 Å². The second-order valence-electron chi connectivity index (χ2n) is 7.54. The number of carbonyl (C=O) groups is 1. The van der Waals surface area contributed by atoms with Crippen LogP contribution in [0.15, 0.2) is 78.2 Å². The molecule has 2 N–H and O–H groups in total. The molecule has 1 amide bonds. The van der Waals surface area contributed by atoms with E-state index in [1.807, 2.05) is 0 Å². The van der Waals surface area contributed by atoms with E-state index in [4.69, 9.17) is 9.47 Å². The topological polar surface area (TPSA) is 115 Å². The molecule has 190 valence electrons. The van der Waals surface area contributed by atoms with Crippen LogP contribution in [0.4, 0.5) is 10.1 Å². The Morgan fingerprint density at radius 1 is 1.11 bits per heavy atom. The normalized spacial score (nSPS) is 11.1. The van der Waals surface area contributed by atoms with Crippen LogP contribution >= 0.6 is 31.9 Å². The number of hydrogen-bond donors (Lipinski definition) is 2. The number of H-pyrrole nitrogens is 1. The fraction of sp³-hybridized carbons (Fsp3) is 0.120. The maximum atomic E-state index is 13.4. The molecule has 0 aliphatic heterocycles. The van der Waals surface area contributed by atoms with Gasteiger partial charge in [0.25, 0.3) is 11.5 Å².